The van der Waals surface area contributed by atoms with Crippen LogP contribution in [0.2, 0.25) is 0 Å². The average Bonchev–Trinajstić information content (AvgIpc) is 3.14. The van der Waals surface area contributed by atoms with Crippen LogP contribution in [0, 0.1) is 12.7 Å². The highest BCUT2D eigenvalue weighted by Gasteiger charge is 2.18. The molecule has 0 N–H and O–H groups in total. The average molecular weight is 366 g/mol. The summed E-state index contributed by atoms with van der Waals surface area (Å²) in [6.07, 6.45) is 0. The fourth-order valence-corrected chi connectivity index (χ4v) is 3.66. The third kappa shape index (κ3) is 2.86. The monoisotopic (exact) mass is 366 g/mol. The van der Waals surface area contributed by atoms with Gasteiger partial charge in [0.1, 0.15) is 5.82 Å². The van der Waals surface area contributed by atoms with E-state index in [-0.39, 0.29) is 12.6 Å². The standard InChI is InChI=1S/C21H19FN2O3/c1-13-8-17(23-18-11-21-20(10-15(13)18)26-12-27-21)14-2-3-19(16(22)9-14)24-4-6-25-7-5-24/h2-3,8-11H,4-7,12H2,1H3. The molecule has 0 radical (unpaired) electrons. The van der Waals surface area contributed by atoms with Crippen molar-refractivity contribution in [2.45, 2.75) is 6.92 Å². The molecular weight excluding hydrogens is 347 g/mol. The molecule has 1 fully saturated rings. The second kappa shape index (κ2) is 6.39. The van der Waals surface area contributed by atoms with Gasteiger partial charge in [-0.15, -0.1) is 0 Å². The van der Waals surface area contributed by atoms with Gasteiger partial charge in [-0.1, -0.05) is 6.07 Å². The number of morpholine rings is 1. The highest BCUT2D eigenvalue weighted by Crippen LogP contribution is 2.37. The lowest BCUT2D eigenvalue weighted by Gasteiger charge is -2.29. The third-order valence-electron chi connectivity index (χ3n) is 5.11. The highest BCUT2D eigenvalue weighted by atomic mass is 19.1. The minimum absolute atomic E-state index is 0.228. The Labute approximate surface area is 156 Å². The number of anilines is 1. The number of aromatic nitrogens is 1. The smallest absolute Gasteiger partial charge is 0.231 e. The van der Waals surface area contributed by atoms with Crippen LogP contribution in [0.15, 0.2) is 36.4 Å². The number of benzene rings is 2. The van der Waals surface area contributed by atoms with Crippen molar-refractivity contribution in [2.75, 3.05) is 38.0 Å². The summed E-state index contributed by atoms with van der Waals surface area (Å²) < 4.78 is 31.0. The summed E-state index contributed by atoms with van der Waals surface area (Å²) in [5.74, 6) is 1.20. The summed E-state index contributed by atoms with van der Waals surface area (Å²) in [4.78, 5) is 6.75. The van der Waals surface area contributed by atoms with Crippen molar-refractivity contribution in [3.05, 3.63) is 47.8 Å². The Kier molecular flexibility index (Phi) is 3.86. The molecule has 2 aliphatic heterocycles. The van der Waals surface area contributed by atoms with E-state index in [0.29, 0.717) is 37.7 Å². The lowest BCUT2D eigenvalue weighted by atomic mass is 10.0. The summed E-state index contributed by atoms with van der Waals surface area (Å²) in [5.41, 5.74) is 3.99. The van der Waals surface area contributed by atoms with Crippen molar-refractivity contribution in [3.8, 4) is 22.8 Å². The zero-order chi connectivity index (χ0) is 18.4. The Morgan fingerprint density at radius 2 is 1.78 bits per heavy atom. The molecule has 6 heteroatoms. The molecule has 3 heterocycles. The number of hydrogen-bond donors (Lipinski definition) is 0. The third-order valence-corrected chi connectivity index (χ3v) is 5.11. The van der Waals surface area contributed by atoms with E-state index in [1.54, 1.807) is 6.07 Å². The van der Waals surface area contributed by atoms with Crippen LogP contribution >= 0.6 is 0 Å². The van der Waals surface area contributed by atoms with Crippen LogP contribution in [0.5, 0.6) is 11.5 Å². The van der Waals surface area contributed by atoms with Crippen LogP contribution in [0.1, 0.15) is 5.56 Å². The largest absolute Gasteiger partial charge is 0.454 e. The predicted octanol–water partition coefficient (Wildman–Crippen LogP) is 3.91. The van der Waals surface area contributed by atoms with Crippen molar-refractivity contribution in [1.29, 1.82) is 0 Å². The topological polar surface area (TPSA) is 43.8 Å². The van der Waals surface area contributed by atoms with Crippen LogP contribution in [-0.4, -0.2) is 38.1 Å². The fraction of sp³-hybridized carbons (Fsp3) is 0.286. The van der Waals surface area contributed by atoms with Gasteiger partial charge in [0.25, 0.3) is 0 Å². The molecule has 0 bridgehead atoms. The Morgan fingerprint density at radius 1 is 1.00 bits per heavy atom. The minimum Gasteiger partial charge on any atom is -0.454 e. The molecular formula is C21H19FN2O3. The van der Waals surface area contributed by atoms with Crippen LogP contribution in [-0.2, 0) is 4.74 Å². The van der Waals surface area contributed by atoms with E-state index >= 15 is 0 Å². The molecule has 5 nitrogen and oxygen atoms in total. The van der Waals surface area contributed by atoms with Crippen molar-refractivity contribution in [2.24, 2.45) is 0 Å². The number of pyridine rings is 1. The SMILES string of the molecule is Cc1cc(-c2ccc(N3CCOCC3)c(F)c2)nc2cc3c(cc12)OCO3. The minimum atomic E-state index is -0.236. The molecule has 1 aromatic heterocycles. The molecule has 0 unspecified atom stereocenters. The van der Waals surface area contributed by atoms with Gasteiger partial charge < -0.3 is 19.1 Å². The van der Waals surface area contributed by atoms with Crippen molar-refractivity contribution in [1.82, 2.24) is 4.98 Å². The van der Waals surface area contributed by atoms with E-state index in [2.05, 4.69) is 0 Å². The molecule has 0 saturated carbocycles. The Morgan fingerprint density at radius 3 is 2.56 bits per heavy atom. The molecule has 2 aromatic carbocycles. The quantitative estimate of drug-likeness (QED) is 0.688. The highest BCUT2D eigenvalue weighted by molar-refractivity contribution is 5.88. The van der Waals surface area contributed by atoms with Gasteiger partial charge in [0.05, 0.1) is 30.1 Å². The molecule has 138 valence electrons. The van der Waals surface area contributed by atoms with E-state index in [1.807, 2.05) is 42.2 Å². The van der Waals surface area contributed by atoms with E-state index in [1.165, 1.54) is 0 Å². The van der Waals surface area contributed by atoms with Gasteiger partial charge in [0.2, 0.25) is 6.79 Å². The van der Waals surface area contributed by atoms with Crippen molar-refractivity contribution < 1.29 is 18.6 Å². The van der Waals surface area contributed by atoms with Crippen LogP contribution < -0.4 is 14.4 Å². The molecule has 27 heavy (non-hydrogen) atoms. The molecule has 5 rings (SSSR count). The second-order valence-electron chi connectivity index (χ2n) is 6.81. The van der Waals surface area contributed by atoms with Gasteiger partial charge in [-0.3, -0.25) is 0 Å². The molecule has 0 amide bonds. The Bertz CT molecular complexity index is 1030. The second-order valence-corrected chi connectivity index (χ2v) is 6.81. The number of ether oxygens (including phenoxy) is 3. The first-order valence-corrected chi connectivity index (χ1v) is 9.03. The number of aryl methyl sites for hydroxylation is 1. The maximum Gasteiger partial charge on any atom is 0.231 e. The van der Waals surface area contributed by atoms with Gasteiger partial charge in [0, 0.05) is 30.1 Å². The Balaban J connectivity index is 1.55. The number of halogens is 1. The summed E-state index contributed by atoms with van der Waals surface area (Å²) in [7, 11) is 0. The predicted molar refractivity (Wildman–Crippen MR) is 101 cm³/mol. The van der Waals surface area contributed by atoms with E-state index in [0.717, 1.165) is 33.5 Å². The van der Waals surface area contributed by atoms with Gasteiger partial charge in [0.15, 0.2) is 11.5 Å². The number of rotatable bonds is 2. The van der Waals surface area contributed by atoms with Gasteiger partial charge in [-0.05, 0) is 36.8 Å². The normalized spacial score (nSPS) is 16.1. The molecule has 3 aromatic rings. The first kappa shape index (κ1) is 16.3. The van der Waals surface area contributed by atoms with Crippen LogP contribution in [0.3, 0.4) is 0 Å². The summed E-state index contributed by atoms with van der Waals surface area (Å²) in [5, 5.41) is 1.01. The molecule has 1 saturated heterocycles. The maximum atomic E-state index is 14.8. The fourth-order valence-electron chi connectivity index (χ4n) is 3.66. The van der Waals surface area contributed by atoms with Crippen molar-refractivity contribution >= 4 is 16.6 Å². The molecule has 2 aliphatic rings. The van der Waals surface area contributed by atoms with Crippen LogP contribution in [0.25, 0.3) is 22.2 Å². The maximum absolute atomic E-state index is 14.8. The number of nitrogens with zero attached hydrogens (tertiary/aromatic N) is 2. The first-order chi connectivity index (χ1) is 13.2. The first-order valence-electron chi connectivity index (χ1n) is 9.03. The van der Waals surface area contributed by atoms with Gasteiger partial charge in [-0.2, -0.15) is 0 Å². The lowest BCUT2D eigenvalue weighted by molar-refractivity contribution is 0.122. The van der Waals surface area contributed by atoms with E-state index < -0.39 is 0 Å². The molecule has 0 aliphatic carbocycles. The van der Waals surface area contributed by atoms with E-state index in [9.17, 15) is 4.39 Å². The summed E-state index contributed by atoms with van der Waals surface area (Å²) in [6.45, 7) is 4.92. The van der Waals surface area contributed by atoms with Gasteiger partial charge in [-0.25, -0.2) is 9.37 Å². The van der Waals surface area contributed by atoms with E-state index in [4.69, 9.17) is 19.2 Å². The van der Waals surface area contributed by atoms with Crippen molar-refractivity contribution in [3.63, 3.8) is 0 Å². The summed E-state index contributed by atoms with van der Waals surface area (Å²) >= 11 is 0. The lowest BCUT2D eigenvalue weighted by Crippen LogP contribution is -2.36. The van der Waals surface area contributed by atoms with Gasteiger partial charge >= 0.3 is 0 Å². The zero-order valence-electron chi connectivity index (χ0n) is 15.0. The van der Waals surface area contributed by atoms with Crippen LogP contribution in [0.4, 0.5) is 10.1 Å². The molecule has 0 spiro atoms. The zero-order valence-corrected chi connectivity index (χ0v) is 15.0. The number of hydrogen-bond acceptors (Lipinski definition) is 5. The molecule has 0 atom stereocenters. The summed E-state index contributed by atoms with van der Waals surface area (Å²) in [6, 6.07) is 11.1. The Hall–Kier alpha value is -2.86. The number of fused-ring (bicyclic) bond motifs is 2.